The molecule has 1 saturated heterocycles. The van der Waals surface area contributed by atoms with Crippen LogP contribution in [0.25, 0.3) is 0 Å². The maximum absolute atomic E-state index is 13.7. The fourth-order valence-corrected chi connectivity index (χ4v) is 2.93. The van der Waals surface area contributed by atoms with E-state index in [0.29, 0.717) is 6.54 Å². The van der Waals surface area contributed by atoms with Crippen LogP contribution < -0.4 is 10.6 Å². The SMILES string of the molecule is CNC(C)CNC(=O)C1(C(F)(F)F)CCN(Cc2ccccc2)C1.Cl. The molecular weight excluding hydrogens is 355 g/mol. The molecule has 1 heterocycles. The van der Waals surface area contributed by atoms with Crippen molar-refractivity contribution in [3.8, 4) is 0 Å². The van der Waals surface area contributed by atoms with Gasteiger partial charge in [0, 0.05) is 25.7 Å². The van der Waals surface area contributed by atoms with Gasteiger partial charge in [-0.05, 0) is 32.5 Å². The first-order valence-corrected chi connectivity index (χ1v) is 8.07. The molecule has 1 aromatic carbocycles. The van der Waals surface area contributed by atoms with E-state index in [2.05, 4.69) is 10.6 Å². The summed E-state index contributed by atoms with van der Waals surface area (Å²) < 4.78 is 41.0. The molecule has 2 atom stereocenters. The Hall–Kier alpha value is -1.31. The van der Waals surface area contributed by atoms with Crippen molar-refractivity contribution in [3.05, 3.63) is 35.9 Å². The number of hydrogen-bond donors (Lipinski definition) is 2. The van der Waals surface area contributed by atoms with Crippen molar-refractivity contribution < 1.29 is 18.0 Å². The molecular formula is C17H25ClF3N3O. The van der Waals surface area contributed by atoms with Crippen molar-refractivity contribution in [2.24, 2.45) is 5.41 Å². The van der Waals surface area contributed by atoms with Crippen LogP contribution >= 0.6 is 12.4 Å². The van der Waals surface area contributed by atoms with Gasteiger partial charge in [-0.2, -0.15) is 13.2 Å². The Bertz CT molecular complexity index is 556. The molecule has 142 valence electrons. The molecule has 0 saturated carbocycles. The van der Waals surface area contributed by atoms with Gasteiger partial charge in [0.05, 0.1) is 0 Å². The molecule has 1 aliphatic heterocycles. The number of carbonyl (C=O) groups is 1. The standard InChI is InChI=1S/C17H24F3N3O.ClH/c1-13(21-2)10-22-15(24)16(17(18,19)20)8-9-23(12-16)11-14-6-4-3-5-7-14;/h3-7,13,21H,8-12H2,1-2H3,(H,22,24);1H. The maximum Gasteiger partial charge on any atom is 0.404 e. The zero-order valence-electron chi connectivity index (χ0n) is 14.4. The number of nitrogens with one attached hydrogen (secondary N) is 2. The smallest absolute Gasteiger partial charge is 0.354 e. The van der Waals surface area contributed by atoms with E-state index in [1.54, 1.807) is 18.9 Å². The molecule has 0 aliphatic carbocycles. The van der Waals surface area contributed by atoms with Gasteiger partial charge in [-0.3, -0.25) is 9.69 Å². The molecule has 1 fully saturated rings. The Balaban J connectivity index is 0.00000312. The minimum Gasteiger partial charge on any atom is -0.354 e. The first kappa shape index (κ1) is 21.7. The summed E-state index contributed by atoms with van der Waals surface area (Å²) in [6.07, 6.45) is -4.77. The van der Waals surface area contributed by atoms with Crippen LogP contribution in [0, 0.1) is 5.41 Å². The van der Waals surface area contributed by atoms with E-state index in [9.17, 15) is 18.0 Å². The third-order valence-corrected chi connectivity index (χ3v) is 4.64. The van der Waals surface area contributed by atoms with Crippen molar-refractivity contribution >= 4 is 18.3 Å². The number of likely N-dealkylation sites (N-methyl/N-ethyl adjacent to an activating group) is 1. The first-order chi connectivity index (χ1) is 11.3. The number of benzene rings is 1. The fraction of sp³-hybridized carbons (Fsp3) is 0.588. The van der Waals surface area contributed by atoms with Crippen LogP contribution in [0.2, 0.25) is 0 Å². The lowest BCUT2D eigenvalue weighted by Gasteiger charge is -2.31. The van der Waals surface area contributed by atoms with Crippen molar-refractivity contribution in [1.82, 2.24) is 15.5 Å². The second kappa shape index (κ2) is 8.87. The third-order valence-electron chi connectivity index (χ3n) is 4.64. The summed E-state index contributed by atoms with van der Waals surface area (Å²) in [4.78, 5) is 14.0. The van der Waals surface area contributed by atoms with Crippen molar-refractivity contribution in [3.63, 3.8) is 0 Å². The maximum atomic E-state index is 13.7. The van der Waals surface area contributed by atoms with Crippen molar-refractivity contribution in [2.45, 2.75) is 32.1 Å². The average molecular weight is 380 g/mol. The van der Waals surface area contributed by atoms with Crippen LogP contribution in [0.5, 0.6) is 0 Å². The van der Waals surface area contributed by atoms with E-state index >= 15 is 0 Å². The van der Waals surface area contributed by atoms with E-state index in [4.69, 9.17) is 0 Å². The highest BCUT2D eigenvalue weighted by molar-refractivity contribution is 5.85. The minimum atomic E-state index is -4.56. The van der Waals surface area contributed by atoms with Crippen LogP contribution in [-0.4, -0.2) is 49.7 Å². The van der Waals surface area contributed by atoms with Gasteiger partial charge in [-0.25, -0.2) is 0 Å². The van der Waals surface area contributed by atoms with Gasteiger partial charge in [-0.1, -0.05) is 30.3 Å². The number of amides is 1. The molecule has 4 nitrogen and oxygen atoms in total. The predicted molar refractivity (Wildman–Crippen MR) is 93.6 cm³/mol. The van der Waals surface area contributed by atoms with Gasteiger partial charge >= 0.3 is 6.18 Å². The zero-order chi connectivity index (χ0) is 17.8. The third kappa shape index (κ3) is 5.09. The average Bonchev–Trinajstić information content (AvgIpc) is 2.98. The van der Waals surface area contributed by atoms with Crippen LogP contribution in [0.1, 0.15) is 18.9 Å². The molecule has 2 N–H and O–H groups in total. The number of halogens is 4. The molecule has 0 spiro atoms. The highest BCUT2D eigenvalue weighted by Gasteiger charge is 2.62. The second-order valence-corrected chi connectivity index (χ2v) is 6.43. The Morgan fingerprint density at radius 3 is 2.52 bits per heavy atom. The monoisotopic (exact) mass is 379 g/mol. The molecule has 25 heavy (non-hydrogen) atoms. The van der Waals surface area contributed by atoms with E-state index in [0.717, 1.165) is 5.56 Å². The number of rotatable bonds is 6. The van der Waals surface area contributed by atoms with Gasteiger partial charge in [0.15, 0.2) is 5.41 Å². The zero-order valence-corrected chi connectivity index (χ0v) is 15.2. The topological polar surface area (TPSA) is 44.4 Å². The first-order valence-electron chi connectivity index (χ1n) is 8.07. The lowest BCUT2D eigenvalue weighted by molar-refractivity contribution is -0.218. The van der Waals surface area contributed by atoms with Gasteiger partial charge in [0.25, 0.3) is 0 Å². The predicted octanol–water partition coefficient (Wildman–Crippen LogP) is 2.59. The largest absolute Gasteiger partial charge is 0.404 e. The van der Waals surface area contributed by atoms with E-state index in [1.165, 1.54) is 0 Å². The van der Waals surface area contributed by atoms with Crippen LogP contribution in [-0.2, 0) is 11.3 Å². The molecule has 8 heteroatoms. The highest BCUT2D eigenvalue weighted by atomic mass is 35.5. The van der Waals surface area contributed by atoms with Gasteiger partial charge in [0.2, 0.25) is 5.91 Å². The minimum absolute atomic E-state index is 0. The summed E-state index contributed by atoms with van der Waals surface area (Å²) in [5.74, 6) is -0.923. The van der Waals surface area contributed by atoms with Crippen molar-refractivity contribution in [1.29, 1.82) is 0 Å². The molecule has 1 aromatic rings. The van der Waals surface area contributed by atoms with Gasteiger partial charge < -0.3 is 10.6 Å². The molecule has 2 rings (SSSR count). The molecule has 0 bridgehead atoms. The van der Waals surface area contributed by atoms with Crippen LogP contribution in [0.4, 0.5) is 13.2 Å². The number of likely N-dealkylation sites (tertiary alicyclic amines) is 1. The fourth-order valence-electron chi connectivity index (χ4n) is 2.93. The molecule has 0 radical (unpaired) electrons. The lowest BCUT2D eigenvalue weighted by Crippen LogP contribution is -2.54. The van der Waals surface area contributed by atoms with E-state index < -0.39 is 17.5 Å². The second-order valence-electron chi connectivity index (χ2n) is 6.43. The Morgan fingerprint density at radius 2 is 1.96 bits per heavy atom. The van der Waals surface area contributed by atoms with Crippen molar-refractivity contribution in [2.75, 3.05) is 26.7 Å². The summed E-state index contributed by atoms with van der Waals surface area (Å²) in [6.45, 7) is 2.34. The van der Waals surface area contributed by atoms with E-state index in [-0.39, 0.29) is 44.5 Å². The van der Waals surface area contributed by atoms with Crippen LogP contribution in [0.15, 0.2) is 30.3 Å². The number of hydrogen-bond acceptors (Lipinski definition) is 3. The summed E-state index contributed by atoms with van der Waals surface area (Å²) >= 11 is 0. The summed E-state index contributed by atoms with van der Waals surface area (Å²) in [5, 5.41) is 5.36. The van der Waals surface area contributed by atoms with Crippen LogP contribution in [0.3, 0.4) is 0 Å². The lowest BCUT2D eigenvalue weighted by atomic mass is 9.85. The summed E-state index contributed by atoms with van der Waals surface area (Å²) in [5.41, 5.74) is -1.38. The summed E-state index contributed by atoms with van der Waals surface area (Å²) in [6, 6.07) is 9.25. The summed E-state index contributed by atoms with van der Waals surface area (Å²) in [7, 11) is 1.70. The number of nitrogens with zero attached hydrogens (tertiary/aromatic N) is 1. The Kier molecular flexibility index (Phi) is 7.71. The molecule has 1 aliphatic rings. The molecule has 1 amide bonds. The quantitative estimate of drug-likeness (QED) is 0.798. The van der Waals surface area contributed by atoms with Gasteiger partial charge in [0.1, 0.15) is 0 Å². The van der Waals surface area contributed by atoms with Gasteiger partial charge in [-0.15, -0.1) is 12.4 Å². The van der Waals surface area contributed by atoms with E-state index in [1.807, 2.05) is 30.3 Å². The normalized spacial score (nSPS) is 22.3. The number of alkyl halides is 3. The number of carbonyl (C=O) groups excluding carboxylic acids is 1. The molecule has 2 unspecified atom stereocenters. The highest BCUT2D eigenvalue weighted by Crippen LogP contribution is 2.46. The molecule has 0 aromatic heterocycles. The Morgan fingerprint density at radius 1 is 1.32 bits per heavy atom. The Labute approximate surface area is 152 Å².